The summed E-state index contributed by atoms with van der Waals surface area (Å²) in [6, 6.07) is 0. The number of H-pyrrole nitrogens is 1. The van der Waals surface area contributed by atoms with Crippen molar-refractivity contribution in [3.63, 3.8) is 0 Å². The van der Waals surface area contributed by atoms with Crippen LogP contribution in [0, 0.1) is 0 Å². The third kappa shape index (κ3) is 1.74. The van der Waals surface area contributed by atoms with Crippen molar-refractivity contribution in [2.24, 2.45) is 0 Å². The second kappa shape index (κ2) is 4.02. The van der Waals surface area contributed by atoms with Crippen LogP contribution >= 0.6 is 10.5 Å². The number of nitrogens with zero attached hydrogens (tertiary/aromatic N) is 1. The number of aromatic nitrogens is 2. The number of fused-ring (bicyclic) bond motifs is 1. The summed E-state index contributed by atoms with van der Waals surface area (Å²) in [5.41, 5.74) is 0.869. The van der Waals surface area contributed by atoms with E-state index in [-0.39, 0.29) is 0 Å². The first-order valence-electron chi connectivity index (χ1n) is 4.77. The van der Waals surface area contributed by atoms with Crippen LogP contribution in [-0.4, -0.2) is 25.9 Å². The fourth-order valence-electron chi connectivity index (χ4n) is 1.53. The van der Waals surface area contributed by atoms with Crippen molar-refractivity contribution in [3.05, 3.63) is 17.4 Å². The van der Waals surface area contributed by atoms with Crippen molar-refractivity contribution >= 4 is 27.4 Å². The maximum atomic E-state index is 11.1. The molecule has 4 nitrogen and oxygen atoms in total. The van der Waals surface area contributed by atoms with Gasteiger partial charge in [-0.25, -0.2) is 9.78 Å². The predicted molar refractivity (Wildman–Crippen MR) is 61.0 cm³/mol. The number of carboxylic acids is 1. The summed E-state index contributed by atoms with van der Waals surface area (Å²) in [4.78, 5) is 18.8. The van der Waals surface area contributed by atoms with Gasteiger partial charge in [-0.15, -0.1) is 10.5 Å². The van der Waals surface area contributed by atoms with Crippen LogP contribution in [0.1, 0.15) is 25.5 Å². The lowest BCUT2D eigenvalue weighted by atomic mass is 10.2. The molecule has 1 atom stereocenters. The minimum atomic E-state index is -0.799. The molecule has 0 saturated carbocycles. The van der Waals surface area contributed by atoms with Crippen LogP contribution in [-0.2, 0) is 4.79 Å². The summed E-state index contributed by atoms with van der Waals surface area (Å²) in [5, 5.41) is 12.0. The predicted octanol–water partition coefficient (Wildman–Crippen LogP) is 2.08. The van der Waals surface area contributed by atoms with E-state index in [0.29, 0.717) is 11.3 Å². The number of carbonyl (C=O) groups is 1. The largest absolute Gasteiger partial charge is 0.478 e. The summed E-state index contributed by atoms with van der Waals surface area (Å²) in [7, 11) is -0.420. The van der Waals surface area contributed by atoms with Gasteiger partial charge in [0.25, 0.3) is 0 Å². The van der Waals surface area contributed by atoms with Crippen LogP contribution in [0.5, 0.6) is 0 Å². The molecule has 0 amide bonds. The fraction of sp³-hybridized carbons (Fsp3) is 0.300. The van der Waals surface area contributed by atoms with E-state index in [1.165, 1.54) is 0 Å². The quantitative estimate of drug-likeness (QED) is 0.772. The van der Waals surface area contributed by atoms with Gasteiger partial charge in [-0.2, -0.15) is 0 Å². The van der Waals surface area contributed by atoms with Gasteiger partial charge in [0.05, 0.1) is 21.9 Å². The van der Waals surface area contributed by atoms with Crippen molar-refractivity contribution in [1.82, 2.24) is 9.97 Å². The van der Waals surface area contributed by atoms with E-state index < -0.39 is 16.5 Å². The highest BCUT2D eigenvalue weighted by atomic mass is 32.2. The van der Waals surface area contributed by atoms with Crippen LogP contribution in [0.2, 0.25) is 0 Å². The molecule has 2 N–H and O–H groups in total. The Kier molecular flexibility index (Phi) is 2.73. The highest BCUT2D eigenvalue weighted by Gasteiger charge is 2.19. The number of imidazole rings is 1. The topological polar surface area (TPSA) is 66.0 Å². The average molecular weight is 224 g/mol. The second-order valence-electron chi connectivity index (χ2n) is 3.24. The van der Waals surface area contributed by atoms with Crippen molar-refractivity contribution < 1.29 is 9.90 Å². The zero-order valence-corrected chi connectivity index (χ0v) is 9.17. The third-order valence-electron chi connectivity index (χ3n) is 2.19. The molecule has 1 aliphatic rings. The van der Waals surface area contributed by atoms with E-state index >= 15 is 0 Å². The lowest BCUT2D eigenvalue weighted by Crippen LogP contribution is -2.12. The molecular weight excluding hydrogens is 212 g/mol. The molecule has 0 fully saturated rings. The van der Waals surface area contributed by atoms with Crippen LogP contribution in [0.25, 0.3) is 6.08 Å². The molecule has 1 aromatic heterocycles. The molecule has 0 saturated heterocycles. The number of hydrogen-bond donors (Lipinski definition) is 2. The Labute approximate surface area is 90.0 Å². The van der Waals surface area contributed by atoms with Crippen LogP contribution in [0.15, 0.2) is 16.8 Å². The second-order valence-corrected chi connectivity index (χ2v) is 5.08. The molecular formula is C10H12N2O2S. The van der Waals surface area contributed by atoms with Gasteiger partial charge in [-0.1, -0.05) is 13.3 Å². The zero-order chi connectivity index (χ0) is 10.8. The molecule has 0 bridgehead atoms. The van der Waals surface area contributed by atoms with E-state index in [1.54, 1.807) is 6.33 Å². The molecule has 1 unspecified atom stereocenters. The Bertz CT molecular complexity index is 460. The molecule has 0 radical (unpaired) electrons. The number of carboxylic acid groups (broad SMARTS) is 1. The Hall–Kier alpha value is -1.36. The number of aliphatic carboxylic acids is 1. The van der Waals surface area contributed by atoms with Crippen LogP contribution in [0.3, 0.4) is 0 Å². The van der Waals surface area contributed by atoms with Crippen molar-refractivity contribution in [1.29, 1.82) is 0 Å². The SMILES string of the molecule is CCCC(C(=O)O)=S1C=Cc2nc[nH]c21. The minimum absolute atomic E-state index is 0.420. The van der Waals surface area contributed by atoms with E-state index in [1.807, 2.05) is 18.4 Å². The minimum Gasteiger partial charge on any atom is -0.478 e. The molecule has 80 valence electrons. The summed E-state index contributed by atoms with van der Waals surface area (Å²) >= 11 is 0. The van der Waals surface area contributed by atoms with E-state index in [9.17, 15) is 4.79 Å². The first-order valence-corrected chi connectivity index (χ1v) is 6.06. The summed E-state index contributed by atoms with van der Waals surface area (Å²) < 4.78 is 0. The number of aromatic amines is 1. The van der Waals surface area contributed by atoms with Gasteiger partial charge in [-0.3, -0.25) is 0 Å². The van der Waals surface area contributed by atoms with Crippen molar-refractivity contribution in [3.8, 4) is 0 Å². The van der Waals surface area contributed by atoms with Crippen LogP contribution in [0.4, 0.5) is 0 Å². The van der Waals surface area contributed by atoms with E-state index in [4.69, 9.17) is 5.11 Å². The highest BCUT2D eigenvalue weighted by molar-refractivity contribution is 8.19. The molecule has 5 heteroatoms. The normalized spacial score (nSPS) is 19.0. The van der Waals surface area contributed by atoms with Crippen molar-refractivity contribution in [2.75, 3.05) is 0 Å². The molecule has 15 heavy (non-hydrogen) atoms. The van der Waals surface area contributed by atoms with Gasteiger partial charge >= 0.3 is 5.97 Å². The fourth-order valence-corrected chi connectivity index (χ4v) is 3.48. The summed E-state index contributed by atoms with van der Waals surface area (Å²) in [6.45, 7) is 1.99. The summed E-state index contributed by atoms with van der Waals surface area (Å²) in [6.07, 6.45) is 4.97. The van der Waals surface area contributed by atoms with Gasteiger partial charge in [0, 0.05) is 0 Å². The first kappa shape index (κ1) is 10.2. The maximum Gasteiger partial charge on any atom is 0.337 e. The Morgan fingerprint density at radius 1 is 1.67 bits per heavy atom. The molecule has 2 rings (SSSR count). The van der Waals surface area contributed by atoms with E-state index in [0.717, 1.165) is 17.1 Å². The van der Waals surface area contributed by atoms with Gasteiger partial charge in [-0.05, 0) is 17.9 Å². The number of nitrogens with one attached hydrogen (secondary N) is 1. The monoisotopic (exact) mass is 224 g/mol. The molecule has 0 aromatic carbocycles. The molecule has 1 aromatic rings. The van der Waals surface area contributed by atoms with Gasteiger partial charge < -0.3 is 10.1 Å². The maximum absolute atomic E-state index is 11.1. The lowest BCUT2D eigenvalue weighted by molar-refractivity contribution is -0.129. The lowest BCUT2D eigenvalue weighted by Gasteiger charge is -2.05. The molecule has 0 spiro atoms. The average Bonchev–Trinajstić information content (AvgIpc) is 2.75. The molecule has 1 aliphatic heterocycles. The van der Waals surface area contributed by atoms with Crippen LogP contribution < -0.4 is 0 Å². The Morgan fingerprint density at radius 2 is 2.47 bits per heavy atom. The highest BCUT2D eigenvalue weighted by Crippen LogP contribution is 2.38. The first-order chi connectivity index (χ1) is 7.24. The third-order valence-corrected chi connectivity index (χ3v) is 4.28. The van der Waals surface area contributed by atoms with Gasteiger partial charge in [0.15, 0.2) is 0 Å². The number of hydrogen-bond acceptors (Lipinski definition) is 2. The zero-order valence-electron chi connectivity index (χ0n) is 8.36. The molecule has 2 heterocycles. The molecule has 0 aliphatic carbocycles. The Balaban J connectivity index is 2.49. The standard InChI is InChI=1S/C10H12N2O2S/c1-2-3-8(10(13)14)15-5-4-7-9(15)12-6-11-7/h4-6H,2-3H2,1H3,(H,11,12)(H,13,14). The smallest absolute Gasteiger partial charge is 0.337 e. The van der Waals surface area contributed by atoms with Gasteiger partial charge in [0.2, 0.25) is 0 Å². The van der Waals surface area contributed by atoms with Crippen molar-refractivity contribution in [2.45, 2.75) is 24.8 Å². The Morgan fingerprint density at radius 3 is 3.13 bits per heavy atom. The number of rotatable bonds is 3. The summed E-state index contributed by atoms with van der Waals surface area (Å²) in [5.74, 6) is -0.799. The van der Waals surface area contributed by atoms with E-state index in [2.05, 4.69) is 9.97 Å². The van der Waals surface area contributed by atoms with Gasteiger partial charge in [0.1, 0.15) is 0 Å².